The Bertz CT molecular complexity index is 160. The Labute approximate surface area is 57.6 Å². The third kappa shape index (κ3) is 1.51. The van der Waals surface area contributed by atoms with Crippen LogP contribution in [-0.2, 0) is 4.89 Å². The summed E-state index contributed by atoms with van der Waals surface area (Å²) in [6, 6.07) is 1.92. The molecule has 3 heteroatoms. The molecule has 1 atom stereocenters. The van der Waals surface area contributed by atoms with E-state index in [1.54, 1.807) is 18.3 Å². The molecule has 1 rings (SSSR count). The van der Waals surface area contributed by atoms with Crippen LogP contribution in [0, 0.1) is 0 Å². The maximum absolute atomic E-state index is 8.21. The first-order valence-corrected chi connectivity index (χ1v) is 3.61. The summed E-state index contributed by atoms with van der Waals surface area (Å²) >= 11 is 1.59. The van der Waals surface area contributed by atoms with Gasteiger partial charge in [-0.2, -0.15) is 11.3 Å². The van der Waals surface area contributed by atoms with Gasteiger partial charge in [-0.05, 0) is 29.3 Å². The summed E-state index contributed by atoms with van der Waals surface area (Å²) in [5, 5.41) is 12.1. The van der Waals surface area contributed by atoms with E-state index in [4.69, 9.17) is 5.26 Å². The quantitative estimate of drug-likeness (QED) is 0.509. The molecule has 0 saturated carbocycles. The van der Waals surface area contributed by atoms with Crippen molar-refractivity contribution in [3.8, 4) is 0 Å². The van der Waals surface area contributed by atoms with Crippen LogP contribution in [0.5, 0.6) is 0 Å². The molecule has 0 fully saturated rings. The monoisotopic (exact) mass is 144 g/mol. The maximum Gasteiger partial charge on any atom is 0.116 e. The zero-order chi connectivity index (χ0) is 6.69. The van der Waals surface area contributed by atoms with Gasteiger partial charge in [0.1, 0.15) is 6.10 Å². The van der Waals surface area contributed by atoms with Crippen LogP contribution in [0.3, 0.4) is 0 Å². The Kier molecular flexibility index (Phi) is 2.22. The van der Waals surface area contributed by atoms with Crippen molar-refractivity contribution in [2.75, 3.05) is 0 Å². The van der Waals surface area contributed by atoms with Crippen LogP contribution in [0.15, 0.2) is 16.8 Å². The molecule has 9 heavy (non-hydrogen) atoms. The highest BCUT2D eigenvalue weighted by Gasteiger charge is 2.03. The maximum atomic E-state index is 8.21. The van der Waals surface area contributed by atoms with Gasteiger partial charge in [-0.3, -0.25) is 5.26 Å². The number of rotatable bonds is 2. The zero-order valence-electron chi connectivity index (χ0n) is 5.07. The van der Waals surface area contributed by atoms with Gasteiger partial charge >= 0.3 is 0 Å². The fourth-order valence-corrected chi connectivity index (χ4v) is 1.31. The van der Waals surface area contributed by atoms with E-state index in [-0.39, 0.29) is 6.10 Å². The van der Waals surface area contributed by atoms with E-state index < -0.39 is 0 Å². The summed E-state index contributed by atoms with van der Waals surface area (Å²) in [5.74, 6) is 0. The van der Waals surface area contributed by atoms with Crippen molar-refractivity contribution in [3.05, 3.63) is 22.4 Å². The average Bonchev–Trinajstić information content (AvgIpc) is 2.37. The molecule has 0 aliphatic carbocycles. The van der Waals surface area contributed by atoms with Gasteiger partial charge in [0.25, 0.3) is 0 Å². The van der Waals surface area contributed by atoms with Gasteiger partial charge in [-0.25, -0.2) is 4.89 Å². The third-order valence-electron chi connectivity index (χ3n) is 1.17. The fourth-order valence-electron chi connectivity index (χ4n) is 0.567. The second-order valence-corrected chi connectivity index (χ2v) is 2.58. The Balaban J connectivity index is 2.65. The van der Waals surface area contributed by atoms with Crippen molar-refractivity contribution in [1.29, 1.82) is 0 Å². The molecule has 0 aromatic carbocycles. The minimum atomic E-state index is -0.198. The van der Waals surface area contributed by atoms with Gasteiger partial charge in [0, 0.05) is 0 Å². The Morgan fingerprint density at radius 1 is 1.78 bits per heavy atom. The SMILES string of the molecule is C[C@@H](OO)c1ccsc1. The van der Waals surface area contributed by atoms with Gasteiger partial charge in [0.05, 0.1) is 0 Å². The van der Waals surface area contributed by atoms with Crippen molar-refractivity contribution in [3.63, 3.8) is 0 Å². The molecule has 0 unspecified atom stereocenters. The average molecular weight is 144 g/mol. The van der Waals surface area contributed by atoms with E-state index in [2.05, 4.69) is 4.89 Å². The first-order chi connectivity index (χ1) is 4.34. The van der Waals surface area contributed by atoms with Crippen LogP contribution in [0.25, 0.3) is 0 Å². The summed E-state index contributed by atoms with van der Waals surface area (Å²) < 4.78 is 0. The molecule has 1 heterocycles. The van der Waals surface area contributed by atoms with Crippen LogP contribution >= 0.6 is 11.3 Å². The summed E-state index contributed by atoms with van der Waals surface area (Å²) in [6.07, 6.45) is -0.198. The molecule has 50 valence electrons. The predicted octanol–water partition coefficient (Wildman–Crippen LogP) is 2.30. The molecule has 1 aromatic rings. The van der Waals surface area contributed by atoms with Gasteiger partial charge in [0.2, 0.25) is 0 Å². The standard InChI is InChI=1S/C6H8O2S/c1-5(8-7)6-2-3-9-4-6/h2-5,7H,1H3/t5-/m1/s1. The minimum Gasteiger partial charge on any atom is -0.251 e. The summed E-state index contributed by atoms with van der Waals surface area (Å²) in [5.41, 5.74) is 1.02. The summed E-state index contributed by atoms with van der Waals surface area (Å²) in [6.45, 7) is 1.79. The Morgan fingerprint density at radius 2 is 2.56 bits per heavy atom. The zero-order valence-corrected chi connectivity index (χ0v) is 5.89. The van der Waals surface area contributed by atoms with E-state index in [9.17, 15) is 0 Å². The van der Waals surface area contributed by atoms with Crippen molar-refractivity contribution in [2.45, 2.75) is 13.0 Å². The smallest absolute Gasteiger partial charge is 0.116 e. The highest BCUT2D eigenvalue weighted by Crippen LogP contribution is 2.17. The third-order valence-corrected chi connectivity index (χ3v) is 1.87. The molecule has 0 bridgehead atoms. The molecule has 1 aromatic heterocycles. The lowest BCUT2D eigenvalue weighted by atomic mass is 10.2. The normalized spacial score (nSPS) is 13.6. The molecule has 0 saturated heterocycles. The number of hydrogen-bond donors (Lipinski definition) is 1. The van der Waals surface area contributed by atoms with E-state index in [0.29, 0.717) is 0 Å². The van der Waals surface area contributed by atoms with Gasteiger partial charge in [0.15, 0.2) is 0 Å². The Morgan fingerprint density at radius 3 is 3.00 bits per heavy atom. The summed E-state index contributed by atoms with van der Waals surface area (Å²) in [7, 11) is 0. The molecule has 0 radical (unpaired) electrons. The van der Waals surface area contributed by atoms with E-state index >= 15 is 0 Å². The number of thiophene rings is 1. The molecule has 0 aliphatic heterocycles. The highest BCUT2D eigenvalue weighted by molar-refractivity contribution is 7.07. The first-order valence-electron chi connectivity index (χ1n) is 2.67. The lowest BCUT2D eigenvalue weighted by Crippen LogP contribution is -1.92. The van der Waals surface area contributed by atoms with Crippen molar-refractivity contribution in [2.24, 2.45) is 0 Å². The minimum absolute atomic E-state index is 0.198. The molecule has 2 nitrogen and oxygen atoms in total. The van der Waals surface area contributed by atoms with Gasteiger partial charge < -0.3 is 0 Å². The van der Waals surface area contributed by atoms with Gasteiger partial charge in [-0.15, -0.1) is 0 Å². The second-order valence-electron chi connectivity index (χ2n) is 1.80. The lowest BCUT2D eigenvalue weighted by Gasteiger charge is -2.01. The molecule has 0 amide bonds. The topological polar surface area (TPSA) is 29.5 Å². The van der Waals surface area contributed by atoms with E-state index in [0.717, 1.165) is 5.56 Å². The van der Waals surface area contributed by atoms with Crippen molar-refractivity contribution in [1.82, 2.24) is 0 Å². The molecule has 0 spiro atoms. The van der Waals surface area contributed by atoms with E-state index in [1.165, 1.54) is 0 Å². The van der Waals surface area contributed by atoms with Gasteiger partial charge in [-0.1, -0.05) is 0 Å². The lowest BCUT2D eigenvalue weighted by molar-refractivity contribution is -0.276. The molecule has 0 aliphatic rings. The molecular formula is C6H8O2S. The Hall–Kier alpha value is -0.380. The highest BCUT2D eigenvalue weighted by atomic mass is 32.1. The van der Waals surface area contributed by atoms with Crippen LogP contribution in [0.1, 0.15) is 18.6 Å². The van der Waals surface area contributed by atoms with Crippen molar-refractivity contribution >= 4 is 11.3 Å². The van der Waals surface area contributed by atoms with Crippen LogP contribution < -0.4 is 0 Å². The predicted molar refractivity (Wildman–Crippen MR) is 36.4 cm³/mol. The van der Waals surface area contributed by atoms with E-state index in [1.807, 2.05) is 16.8 Å². The van der Waals surface area contributed by atoms with Crippen molar-refractivity contribution < 1.29 is 10.1 Å². The first kappa shape index (κ1) is 6.74. The fraction of sp³-hybridized carbons (Fsp3) is 0.333. The van der Waals surface area contributed by atoms with Crippen LogP contribution in [0.4, 0.5) is 0 Å². The van der Waals surface area contributed by atoms with Crippen LogP contribution in [-0.4, -0.2) is 5.26 Å². The molecular weight excluding hydrogens is 136 g/mol. The number of hydrogen-bond acceptors (Lipinski definition) is 3. The van der Waals surface area contributed by atoms with Crippen LogP contribution in [0.2, 0.25) is 0 Å². The molecule has 1 N–H and O–H groups in total. The summed E-state index contributed by atoms with van der Waals surface area (Å²) in [4.78, 5) is 4.10. The largest absolute Gasteiger partial charge is 0.251 e. The second kappa shape index (κ2) is 2.96.